The lowest BCUT2D eigenvalue weighted by atomic mass is 10.2. The van der Waals surface area contributed by atoms with Crippen molar-refractivity contribution < 1.29 is 0 Å². The van der Waals surface area contributed by atoms with Crippen LogP contribution in [0, 0.1) is 0 Å². The molecule has 3 nitrogen and oxygen atoms in total. The number of hydrogen-bond donors (Lipinski definition) is 0. The molecule has 68 valence electrons. The molecule has 0 saturated heterocycles. The summed E-state index contributed by atoms with van der Waals surface area (Å²) in [6.07, 6.45) is 5.59. The number of aromatic nitrogens is 3. The van der Waals surface area contributed by atoms with E-state index in [9.17, 15) is 0 Å². The monoisotopic (exact) mass is 239 g/mol. The minimum absolute atomic E-state index is 0.428. The van der Waals surface area contributed by atoms with Crippen molar-refractivity contribution in [1.29, 1.82) is 0 Å². The third-order valence-corrected chi connectivity index (χ3v) is 2.34. The first-order chi connectivity index (χ1) is 6.18. The molecule has 4 heteroatoms. The zero-order chi connectivity index (χ0) is 9.42. The average molecular weight is 240 g/mol. The van der Waals surface area contributed by atoms with Gasteiger partial charge >= 0.3 is 0 Å². The van der Waals surface area contributed by atoms with Crippen LogP contribution in [0.2, 0.25) is 0 Å². The summed E-state index contributed by atoms with van der Waals surface area (Å²) in [7, 11) is 0. The second-order valence-corrected chi connectivity index (χ2v) is 4.09. The van der Waals surface area contributed by atoms with Gasteiger partial charge in [0, 0.05) is 12.1 Å². The lowest BCUT2D eigenvalue weighted by molar-refractivity contribution is 0.767. The van der Waals surface area contributed by atoms with Crippen LogP contribution in [0.1, 0.15) is 25.6 Å². The van der Waals surface area contributed by atoms with E-state index in [1.54, 1.807) is 0 Å². The van der Waals surface area contributed by atoms with Crippen LogP contribution in [0.3, 0.4) is 0 Å². The van der Waals surface area contributed by atoms with Gasteiger partial charge in [-0.15, -0.1) is 0 Å². The SMILES string of the molecule is CC(C)c1ncc2cnc(Br)cn12. The summed E-state index contributed by atoms with van der Waals surface area (Å²) >= 11 is 3.34. The first-order valence-corrected chi connectivity index (χ1v) is 4.96. The van der Waals surface area contributed by atoms with E-state index in [0.29, 0.717) is 5.92 Å². The molecule has 0 unspecified atom stereocenters. The zero-order valence-corrected chi connectivity index (χ0v) is 9.12. The molecular weight excluding hydrogens is 230 g/mol. The molecule has 2 aromatic rings. The molecule has 0 aliphatic heterocycles. The highest BCUT2D eigenvalue weighted by molar-refractivity contribution is 9.10. The Kier molecular flexibility index (Phi) is 2.07. The standard InChI is InChI=1S/C9H10BrN3/c1-6(2)9-12-4-7-3-11-8(10)5-13(7)9/h3-6H,1-2H3. The largest absolute Gasteiger partial charge is 0.299 e. The van der Waals surface area contributed by atoms with Gasteiger partial charge in [-0.2, -0.15) is 0 Å². The Morgan fingerprint density at radius 3 is 2.69 bits per heavy atom. The van der Waals surface area contributed by atoms with Gasteiger partial charge in [-0.25, -0.2) is 9.97 Å². The maximum atomic E-state index is 4.34. The topological polar surface area (TPSA) is 30.2 Å². The van der Waals surface area contributed by atoms with Crippen molar-refractivity contribution in [1.82, 2.24) is 14.4 Å². The molecule has 13 heavy (non-hydrogen) atoms. The summed E-state index contributed by atoms with van der Waals surface area (Å²) in [5, 5.41) is 0. The number of hydrogen-bond acceptors (Lipinski definition) is 2. The maximum absolute atomic E-state index is 4.34. The Bertz CT molecular complexity index is 433. The van der Waals surface area contributed by atoms with Crippen LogP contribution in [0.25, 0.3) is 5.52 Å². The molecule has 0 radical (unpaired) electrons. The summed E-state index contributed by atoms with van der Waals surface area (Å²) in [6, 6.07) is 0. The molecule has 2 heterocycles. The smallest absolute Gasteiger partial charge is 0.122 e. The molecule has 2 rings (SSSR count). The molecule has 0 amide bonds. The van der Waals surface area contributed by atoms with Gasteiger partial charge in [-0.1, -0.05) is 13.8 Å². The summed E-state index contributed by atoms with van der Waals surface area (Å²) in [5.41, 5.74) is 1.03. The number of imidazole rings is 1. The molecule has 0 aliphatic carbocycles. The fourth-order valence-corrected chi connectivity index (χ4v) is 1.63. The molecule has 0 spiro atoms. The van der Waals surface area contributed by atoms with E-state index in [1.807, 2.05) is 18.6 Å². The molecule has 0 fully saturated rings. The van der Waals surface area contributed by atoms with Crippen LogP contribution in [0.4, 0.5) is 0 Å². The third-order valence-electron chi connectivity index (χ3n) is 1.93. The van der Waals surface area contributed by atoms with Crippen LogP contribution in [-0.4, -0.2) is 14.4 Å². The van der Waals surface area contributed by atoms with Gasteiger partial charge < -0.3 is 0 Å². The third kappa shape index (κ3) is 1.46. The van der Waals surface area contributed by atoms with Crippen molar-refractivity contribution in [3.05, 3.63) is 29.0 Å². The Balaban J connectivity index is 2.71. The van der Waals surface area contributed by atoms with Gasteiger partial charge in [0.1, 0.15) is 10.4 Å². The van der Waals surface area contributed by atoms with Crippen molar-refractivity contribution in [3.63, 3.8) is 0 Å². The van der Waals surface area contributed by atoms with Crippen LogP contribution < -0.4 is 0 Å². The van der Waals surface area contributed by atoms with Crippen molar-refractivity contribution in [2.24, 2.45) is 0 Å². The fraction of sp³-hybridized carbons (Fsp3) is 0.333. The second-order valence-electron chi connectivity index (χ2n) is 3.28. The Morgan fingerprint density at radius 2 is 2.00 bits per heavy atom. The number of fused-ring (bicyclic) bond motifs is 1. The molecule has 0 atom stereocenters. The minimum atomic E-state index is 0.428. The Morgan fingerprint density at radius 1 is 1.31 bits per heavy atom. The molecule has 0 aliphatic rings. The predicted octanol–water partition coefficient (Wildman–Crippen LogP) is 2.62. The van der Waals surface area contributed by atoms with Crippen molar-refractivity contribution in [2.45, 2.75) is 19.8 Å². The summed E-state index contributed by atoms with van der Waals surface area (Å²) < 4.78 is 2.89. The predicted molar refractivity (Wildman–Crippen MR) is 54.8 cm³/mol. The molecule has 0 bridgehead atoms. The van der Waals surface area contributed by atoms with E-state index >= 15 is 0 Å². The van der Waals surface area contributed by atoms with Crippen molar-refractivity contribution >= 4 is 21.4 Å². The minimum Gasteiger partial charge on any atom is -0.299 e. The molecular formula is C9H10BrN3. The first-order valence-electron chi connectivity index (χ1n) is 4.17. The Hall–Kier alpha value is -0.900. The van der Waals surface area contributed by atoms with E-state index in [0.717, 1.165) is 15.9 Å². The summed E-state index contributed by atoms with van der Waals surface area (Å²) in [6.45, 7) is 4.26. The molecule has 0 saturated carbocycles. The number of rotatable bonds is 1. The first kappa shape index (κ1) is 8.69. The van der Waals surface area contributed by atoms with Gasteiger partial charge in [0.2, 0.25) is 0 Å². The number of nitrogens with zero attached hydrogens (tertiary/aromatic N) is 3. The van der Waals surface area contributed by atoms with E-state index in [1.165, 1.54) is 0 Å². The van der Waals surface area contributed by atoms with Gasteiger partial charge in [-0.05, 0) is 15.9 Å². The van der Waals surface area contributed by atoms with Crippen molar-refractivity contribution in [2.75, 3.05) is 0 Å². The van der Waals surface area contributed by atoms with E-state index < -0.39 is 0 Å². The lowest BCUT2D eigenvalue weighted by Gasteiger charge is -2.03. The number of halogens is 1. The van der Waals surface area contributed by atoms with Crippen LogP contribution >= 0.6 is 15.9 Å². The van der Waals surface area contributed by atoms with E-state index in [2.05, 4.69) is 44.1 Å². The normalized spacial score (nSPS) is 11.4. The van der Waals surface area contributed by atoms with Gasteiger partial charge in [0.25, 0.3) is 0 Å². The average Bonchev–Trinajstić information content (AvgIpc) is 2.46. The molecule has 0 aromatic carbocycles. The van der Waals surface area contributed by atoms with Gasteiger partial charge in [0.15, 0.2) is 0 Å². The highest BCUT2D eigenvalue weighted by atomic mass is 79.9. The van der Waals surface area contributed by atoms with E-state index in [-0.39, 0.29) is 0 Å². The molecule has 2 aromatic heterocycles. The highest BCUT2D eigenvalue weighted by Crippen LogP contribution is 2.16. The Labute approximate surface area is 85.0 Å². The highest BCUT2D eigenvalue weighted by Gasteiger charge is 2.07. The van der Waals surface area contributed by atoms with Crippen LogP contribution in [-0.2, 0) is 0 Å². The van der Waals surface area contributed by atoms with Gasteiger partial charge in [0.05, 0.1) is 17.9 Å². The van der Waals surface area contributed by atoms with Crippen LogP contribution in [0.15, 0.2) is 23.2 Å². The quantitative estimate of drug-likeness (QED) is 0.766. The summed E-state index contributed by atoms with van der Waals surface area (Å²) in [5.74, 6) is 1.50. The lowest BCUT2D eigenvalue weighted by Crippen LogP contribution is -1.97. The maximum Gasteiger partial charge on any atom is 0.122 e. The fourth-order valence-electron chi connectivity index (χ4n) is 1.32. The van der Waals surface area contributed by atoms with Gasteiger partial charge in [-0.3, -0.25) is 4.40 Å². The molecule has 0 N–H and O–H groups in total. The summed E-state index contributed by atoms with van der Waals surface area (Å²) in [4.78, 5) is 8.47. The van der Waals surface area contributed by atoms with Crippen LogP contribution in [0.5, 0.6) is 0 Å². The zero-order valence-electron chi connectivity index (χ0n) is 7.53. The van der Waals surface area contributed by atoms with E-state index in [4.69, 9.17) is 0 Å². The van der Waals surface area contributed by atoms with Crippen molar-refractivity contribution in [3.8, 4) is 0 Å². The second kappa shape index (κ2) is 3.10.